The first-order chi connectivity index (χ1) is 12.6. The van der Waals surface area contributed by atoms with Crippen LogP contribution in [0.25, 0.3) is 0 Å². The largest absolute Gasteiger partial charge is 0.349 e. The molecular weight excluding hydrogens is 328 g/mol. The Bertz CT molecular complexity index is 781. The molecule has 1 aliphatic heterocycles. The highest BCUT2D eigenvalue weighted by Gasteiger charge is 2.27. The molecule has 0 aliphatic carbocycles. The second-order valence-electron chi connectivity index (χ2n) is 6.96. The number of aromatic nitrogens is 2. The van der Waals surface area contributed by atoms with Gasteiger partial charge in [0, 0.05) is 19.1 Å². The van der Waals surface area contributed by atoms with Crippen LogP contribution in [0, 0.1) is 0 Å². The summed E-state index contributed by atoms with van der Waals surface area (Å²) in [4.78, 5) is 29.5. The minimum atomic E-state index is -0.215. The number of nitrogens with one attached hydrogen (secondary N) is 2. The van der Waals surface area contributed by atoms with Gasteiger partial charge in [-0.1, -0.05) is 30.3 Å². The second kappa shape index (κ2) is 8.17. The quantitative estimate of drug-likeness (QED) is 0.836. The SMILES string of the molecule is CC(C)NC(=O)c1nc(C(=O)NCCc2ccccc2)n2c1CCCC2. The van der Waals surface area contributed by atoms with Gasteiger partial charge < -0.3 is 15.2 Å². The molecule has 6 nitrogen and oxygen atoms in total. The van der Waals surface area contributed by atoms with Crippen LogP contribution in [0.4, 0.5) is 0 Å². The Morgan fingerprint density at radius 3 is 2.65 bits per heavy atom. The summed E-state index contributed by atoms with van der Waals surface area (Å²) >= 11 is 0. The number of rotatable bonds is 6. The van der Waals surface area contributed by atoms with Crippen molar-refractivity contribution in [2.24, 2.45) is 0 Å². The number of hydrogen-bond donors (Lipinski definition) is 2. The highest BCUT2D eigenvalue weighted by molar-refractivity contribution is 5.97. The molecule has 3 rings (SSSR count). The van der Waals surface area contributed by atoms with E-state index in [0.717, 1.165) is 37.9 Å². The van der Waals surface area contributed by atoms with E-state index in [-0.39, 0.29) is 17.9 Å². The number of amides is 2. The van der Waals surface area contributed by atoms with Crippen LogP contribution in [-0.4, -0.2) is 34.0 Å². The molecule has 26 heavy (non-hydrogen) atoms. The fourth-order valence-corrected chi connectivity index (χ4v) is 3.27. The van der Waals surface area contributed by atoms with Crippen molar-refractivity contribution in [3.8, 4) is 0 Å². The van der Waals surface area contributed by atoms with Crippen molar-refractivity contribution < 1.29 is 9.59 Å². The monoisotopic (exact) mass is 354 g/mol. The zero-order valence-corrected chi connectivity index (χ0v) is 15.4. The number of nitrogens with zero attached hydrogens (tertiary/aromatic N) is 2. The average Bonchev–Trinajstić information content (AvgIpc) is 3.02. The molecule has 2 N–H and O–H groups in total. The molecule has 0 spiro atoms. The van der Waals surface area contributed by atoms with Gasteiger partial charge in [0.25, 0.3) is 11.8 Å². The highest BCUT2D eigenvalue weighted by atomic mass is 16.2. The predicted molar refractivity (Wildman–Crippen MR) is 100 cm³/mol. The maximum Gasteiger partial charge on any atom is 0.287 e. The predicted octanol–water partition coefficient (Wildman–Crippen LogP) is 2.33. The molecule has 0 unspecified atom stereocenters. The van der Waals surface area contributed by atoms with Gasteiger partial charge in [-0.2, -0.15) is 0 Å². The van der Waals surface area contributed by atoms with E-state index < -0.39 is 0 Å². The van der Waals surface area contributed by atoms with Crippen LogP contribution in [-0.2, 0) is 19.4 Å². The molecule has 0 saturated carbocycles. The Kier molecular flexibility index (Phi) is 5.71. The molecule has 138 valence electrons. The van der Waals surface area contributed by atoms with Crippen molar-refractivity contribution in [2.75, 3.05) is 6.54 Å². The summed E-state index contributed by atoms with van der Waals surface area (Å²) in [5.41, 5.74) is 2.45. The van der Waals surface area contributed by atoms with Crippen LogP contribution in [0.15, 0.2) is 30.3 Å². The van der Waals surface area contributed by atoms with Gasteiger partial charge in [-0.05, 0) is 45.1 Å². The van der Waals surface area contributed by atoms with Crippen molar-refractivity contribution in [1.82, 2.24) is 20.2 Å². The summed E-state index contributed by atoms with van der Waals surface area (Å²) in [6.45, 7) is 5.10. The normalized spacial score (nSPS) is 13.3. The number of imidazole rings is 1. The molecule has 0 bridgehead atoms. The third-order valence-electron chi connectivity index (χ3n) is 4.50. The van der Waals surface area contributed by atoms with E-state index in [1.54, 1.807) is 0 Å². The summed E-state index contributed by atoms with van der Waals surface area (Å²) < 4.78 is 1.91. The van der Waals surface area contributed by atoms with E-state index in [0.29, 0.717) is 18.1 Å². The maximum atomic E-state index is 12.6. The number of hydrogen-bond acceptors (Lipinski definition) is 3. The zero-order chi connectivity index (χ0) is 18.5. The van der Waals surface area contributed by atoms with E-state index in [4.69, 9.17) is 0 Å². The lowest BCUT2D eigenvalue weighted by Crippen LogP contribution is -2.31. The number of benzene rings is 1. The van der Waals surface area contributed by atoms with Crippen molar-refractivity contribution in [2.45, 2.75) is 52.1 Å². The summed E-state index contributed by atoms with van der Waals surface area (Å²) in [7, 11) is 0. The Balaban J connectivity index is 1.73. The summed E-state index contributed by atoms with van der Waals surface area (Å²) in [5, 5.41) is 5.82. The molecule has 1 aromatic carbocycles. The Morgan fingerprint density at radius 1 is 1.15 bits per heavy atom. The van der Waals surface area contributed by atoms with Gasteiger partial charge in [-0.15, -0.1) is 0 Å². The summed E-state index contributed by atoms with van der Waals surface area (Å²) in [5.74, 6) is -0.0664. The number of carbonyl (C=O) groups is 2. The van der Waals surface area contributed by atoms with Crippen LogP contribution >= 0.6 is 0 Å². The van der Waals surface area contributed by atoms with Gasteiger partial charge >= 0.3 is 0 Å². The molecule has 0 radical (unpaired) electrons. The van der Waals surface area contributed by atoms with Crippen molar-refractivity contribution in [1.29, 1.82) is 0 Å². The third-order valence-corrected chi connectivity index (χ3v) is 4.50. The van der Waals surface area contributed by atoms with E-state index in [1.807, 2.05) is 48.7 Å². The second-order valence-corrected chi connectivity index (χ2v) is 6.96. The lowest BCUT2D eigenvalue weighted by molar-refractivity contribution is 0.0936. The fourth-order valence-electron chi connectivity index (χ4n) is 3.27. The Hall–Kier alpha value is -2.63. The average molecular weight is 354 g/mol. The first-order valence-corrected chi connectivity index (χ1v) is 9.28. The van der Waals surface area contributed by atoms with Gasteiger partial charge in [-0.3, -0.25) is 9.59 Å². The molecule has 0 atom stereocenters. The van der Waals surface area contributed by atoms with Gasteiger partial charge in [0.15, 0.2) is 5.82 Å². The third kappa shape index (κ3) is 4.12. The lowest BCUT2D eigenvalue weighted by atomic mass is 10.1. The first-order valence-electron chi connectivity index (χ1n) is 9.28. The number of fused-ring (bicyclic) bond motifs is 1. The van der Waals surface area contributed by atoms with Gasteiger partial charge in [-0.25, -0.2) is 4.98 Å². The van der Waals surface area contributed by atoms with Crippen LogP contribution in [0.3, 0.4) is 0 Å². The Morgan fingerprint density at radius 2 is 1.92 bits per heavy atom. The number of carbonyl (C=O) groups excluding carboxylic acids is 2. The van der Waals surface area contributed by atoms with E-state index in [9.17, 15) is 9.59 Å². The van der Waals surface area contributed by atoms with E-state index in [1.165, 1.54) is 5.56 Å². The minimum Gasteiger partial charge on any atom is -0.349 e. The van der Waals surface area contributed by atoms with Crippen LogP contribution < -0.4 is 10.6 Å². The zero-order valence-electron chi connectivity index (χ0n) is 15.4. The maximum absolute atomic E-state index is 12.6. The van der Waals surface area contributed by atoms with Crippen LogP contribution in [0.1, 0.15) is 59.1 Å². The van der Waals surface area contributed by atoms with Crippen molar-refractivity contribution in [3.05, 3.63) is 53.1 Å². The molecule has 0 saturated heterocycles. The molecule has 1 aromatic heterocycles. The summed E-state index contributed by atoms with van der Waals surface area (Å²) in [6, 6.07) is 10.1. The topological polar surface area (TPSA) is 76.0 Å². The van der Waals surface area contributed by atoms with Crippen molar-refractivity contribution >= 4 is 11.8 Å². The van der Waals surface area contributed by atoms with Gasteiger partial charge in [0.2, 0.25) is 0 Å². The van der Waals surface area contributed by atoms with Crippen molar-refractivity contribution in [3.63, 3.8) is 0 Å². The fraction of sp³-hybridized carbons (Fsp3) is 0.450. The molecule has 2 heterocycles. The Labute approximate surface area is 154 Å². The standard InChI is InChI=1S/C20H26N4O2/c1-14(2)22-19(25)17-16-10-6-7-13-24(16)18(23-17)20(26)21-12-11-15-8-4-3-5-9-15/h3-5,8-9,14H,6-7,10-13H2,1-2H3,(H,21,26)(H,22,25). The molecular formula is C20H26N4O2. The molecule has 2 amide bonds. The molecule has 1 aliphatic rings. The lowest BCUT2D eigenvalue weighted by Gasteiger charge is -2.17. The van der Waals surface area contributed by atoms with Gasteiger partial charge in [0.05, 0.1) is 5.69 Å². The molecule has 6 heteroatoms. The summed E-state index contributed by atoms with van der Waals surface area (Å²) in [6.07, 6.45) is 3.56. The van der Waals surface area contributed by atoms with Gasteiger partial charge in [0.1, 0.15) is 5.69 Å². The van der Waals surface area contributed by atoms with Crippen LogP contribution in [0.5, 0.6) is 0 Å². The van der Waals surface area contributed by atoms with E-state index >= 15 is 0 Å². The highest BCUT2D eigenvalue weighted by Crippen LogP contribution is 2.21. The first kappa shape index (κ1) is 18.2. The molecule has 2 aromatic rings. The molecule has 0 fully saturated rings. The minimum absolute atomic E-state index is 0.0339. The smallest absolute Gasteiger partial charge is 0.287 e. The van der Waals surface area contributed by atoms with E-state index in [2.05, 4.69) is 15.6 Å². The van der Waals surface area contributed by atoms with Crippen LogP contribution in [0.2, 0.25) is 0 Å².